The van der Waals surface area contributed by atoms with Crippen LogP contribution < -0.4 is 0 Å². The van der Waals surface area contributed by atoms with E-state index in [-0.39, 0.29) is 18.2 Å². The summed E-state index contributed by atoms with van der Waals surface area (Å²) >= 11 is 0. The van der Waals surface area contributed by atoms with E-state index < -0.39 is 5.97 Å². The van der Waals surface area contributed by atoms with Crippen molar-refractivity contribution in [1.82, 2.24) is 4.57 Å². The van der Waals surface area contributed by atoms with Gasteiger partial charge in [0.25, 0.3) is 0 Å². The number of hydrogen-bond donors (Lipinski definition) is 2. The van der Waals surface area contributed by atoms with Crippen molar-refractivity contribution in [1.29, 1.82) is 0 Å². The Morgan fingerprint density at radius 1 is 1.39 bits per heavy atom. The van der Waals surface area contributed by atoms with Crippen molar-refractivity contribution in [2.24, 2.45) is 0 Å². The number of hydrogen-bond acceptors (Lipinski definition) is 2. The standard InChI is InChI=1S/C14H17NO3/c1-9(2)15-8-10(3-6-14(17)18)12-5-4-11(16)7-13(12)15/h4-5,7-9,16H,3,6H2,1-2H3,(H,17,18). The smallest absolute Gasteiger partial charge is 0.303 e. The first-order chi connectivity index (χ1) is 8.49. The highest BCUT2D eigenvalue weighted by Gasteiger charge is 2.12. The Kier molecular flexibility index (Phi) is 3.28. The Balaban J connectivity index is 2.50. The molecule has 0 aliphatic rings. The third-order valence-corrected chi connectivity index (χ3v) is 3.06. The first kappa shape index (κ1) is 12.5. The Morgan fingerprint density at radius 3 is 2.72 bits per heavy atom. The topological polar surface area (TPSA) is 62.5 Å². The van der Waals surface area contributed by atoms with Gasteiger partial charge >= 0.3 is 5.97 Å². The van der Waals surface area contributed by atoms with E-state index in [1.165, 1.54) is 0 Å². The van der Waals surface area contributed by atoms with Gasteiger partial charge < -0.3 is 14.8 Å². The van der Waals surface area contributed by atoms with E-state index in [0.29, 0.717) is 6.42 Å². The average molecular weight is 247 g/mol. The molecule has 0 bridgehead atoms. The predicted octanol–water partition coefficient (Wildman–Crippen LogP) is 2.95. The molecule has 0 spiro atoms. The number of benzene rings is 1. The lowest BCUT2D eigenvalue weighted by atomic mass is 10.1. The van der Waals surface area contributed by atoms with E-state index in [4.69, 9.17) is 5.11 Å². The number of aromatic nitrogens is 1. The summed E-state index contributed by atoms with van der Waals surface area (Å²) in [6, 6.07) is 5.48. The molecule has 18 heavy (non-hydrogen) atoms. The molecule has 0 aliphatic carbocycles. The van der Waals surface area contributed by atoms with Gasteiger partial charge in [0.1, 0.15) is 5.75 Å². The Labute approximate surface area is 105 Å². The van der Waals surface area contributed by atoms with E-state index in [1.807, 2.05) is 12.3 Å². The number of carboxylic acid groups (broad SMARTS) is 1. The highest BCUT2D eigenvalue weighted by atomic mass is 16.4. The van der Waals surface area contributed by atoms with Crippen molar-refractivity contribution < 1.29 is 15.0 Å². The molecule has 4 nitrogen and oxygen atoms in total. The first-order valence-corrected chi connectivity index (χ1v) is 6.03. The minimum Gasteiger partial charge on any atom is -0.508 e. The molecule has 0 radical (unpaired) electrons. The fourth-order valence-corrected chi connectivity index (χ4v) is 2.18. The third kappa shape index (κ3) is 2.32. The van der Waals surface area contributed by atoms with Crippen LogP contribution in [0.3, 0.4) is 0 Å². The van der Waals surface area contributed by atoms with Gasteiger partial charge in [-0.05, 0) is 38.0 Å². The molecule has 2 rings (SSSR count). The lowest BCUT2D eigenvalue weighted by molar-refractivity contribution is -0.136. The zero-order valence-corrected chi connectivity index (χ0v) is 10.6. The summed E-state index contributed by atoms with van der Waals surface area (Å²) in [6.45, 7) is 4.12. The predicted molar refractivity (Wildman–Crippen MR) is 69.9 cm³/mol. The largest absolute Gasteiger partial charge is 0.508 e. The lowest BCUT2D eigenvalue weighted by Gasteiger charge is -2.08. The van der Waals surface area contributed by atoms with Crippen LogP contribution in [-0.2, 0) is 11.2 Å². The minimum atomic E-state index is -0.792. The quantitative estimate of drug-likeness (QED) is 0.873. The average Bonchev–Trinajstić information content (AvgIpc) is 2.64. The van der Waals surface area contributed by atoms with Gasteiger partial charge in [-0.15, -0.1) is 0 Å². The summed E-state index contributed by atoms with van der Waals surface area (Å²) < 4.78 is 2.06. The molecule has 0 amide bonds. The van der Waals surface area contributed by atoms with Crippen LogP contribution in [0.15, 0.2) is 24.4 Å². The van der Waals surface area contributed by atoms with Crippen molar-refractivity contribution in [3.8, 4) is 5.75 Å². The van der Waals surface area contributed by atoms with Gasteiger partial charge in [-0.3, -0.25) is 4.79 Å². The molecule has 1 aromatic carbocycles. The zero-order valence-electron chi connectivity index (χ0n) is 10.6. The van der Waals surface area contributed by atoms with Gasteiger partial charge in [-0.2, -0.15) is 0 Å². The van der Waals surface area contributed by atoms with E-state index >= 15 is 0 Å². The molecule has 2 N–H and O–H groups in total. The highest BCUT2D eigenvalue weighted by molar-refractivity contribution is 5.85. The third-order valence-electron chi connectivity index (χ3n) is 3.06. The maximum Gasteiger partial charge on any atom is 0.303 e. The fourth-order valence-electron chi connectivity index (χ4n) is 2.18. The molecule has 0 unspecified atom stereocenters. The number of rotatable bonds is 4. The number of phenols is 1. The van der Waals surface area contributed by atoms with E-state index in [2.05, 4.69) is 18.4 Å². The molecule has 96 valence electrons. The van der Waals surface area contributed by atoms with Crippen LogP contribution >= 0.6 is 0 Å². The van der Waals surface area contributed by atoms with Crippen molar-refractivity contribution in [3.63, 3.8) is 0 Å². The summed E-state index contributed by atoms with van der Waals surface area (Å²) in [4.78, 5) is 10.7. The van der Waals surface area contributed by atoms with Crippen molar-refractivity contribution in [3.05, 3.63) is 30.0 Å². The van der Waals surface area contributed by atoms with Crippen LogP contribution in [0.5, 0.6) is 5.75 Å². The Hall–Kier alpha value is -1.97. The Morgan fingerprint density at radius 2 is 2.11 bits per heavy atom. The van der Waals surface area contributed by atoms with Crippen molar-refractivity contribution in [2.45, 2.75) is 32.7 Å². The Bertz CT molecular complexity index is 584. The summed E-state index contributed by atoms with van der Waals surface area (Å²) in [5.74, 6) is -0.563. The van der Waals surface area contributed by atoms with Crippen LogP contribution in [0, 0.1) is 0 Å². The maximum absolute atomic E-state index is 10.7. The van der Waals surface area contributed by atoms with Gasteiger partial charge in [-0.25, -0.2) is 0 Å². The first-order valence-electron chi connectivity index (χ1n) is 6.03. The van der Waals surface area contributed by atoms with Crippen molar-refractivity contribution in [2.75, 3.05) is 0 Å². The van der Waals surface area contributed by atoms with Gasteiger partial charge in [0.05, 0.1) is 5.52 Å². The fraction of sp³-hybridized carbons (Fsp3) is 0.357. The summed E-state index contributed by atoms with van der Waals surface area (Å²) in [6.07, 6.45) is 2.62. The molecule has 0 atom stereocenters. The molecule has 0 fully saturated rings. The van der Waals surface area contributed by atoms with E-state index in [1.54, 1.807) is 12.1 Å². The SMILES string of the molecule is CC(C)n1cc(CCC(=O)O)c2ccc(O)cc21. The molecule has 1 heterocycles. The highest BCUT2D eigenvalue weighted by Crippen LogP contribution is 2.28. The number of aryl methyl sites for hydroxylation is 1. The van der Waals surface area contributed by atoms with Crippen LogP contribution in [0.2, 0.25) is 0 Å². The maximum atomic E-state index is 10.7. The molecule has 0 saturated heterocycles. The van der Waals surface area contributed by atoms with Crippen LogP contribution in [0.25, 0.3) is 10.9 Å². The molecule has 0 aliphatic heterocycles. The van der Waals surface area contributed by atoms with Gasteiger partial charge in [-0.1, -0.05) is 0 Å². The number of nitrogens with zero attached hydrogens (tertiary/aromatic N) is 1. The lowest BCUT2D eigenvalue weighted by Crippen LogP contribution is -1.99. The van der Waals surface area contributed by atoms with Gasteiger partial charge in [0.2, 0.25) is 0 Å². The number of carbonyl (C=O) groups is 1. The van der Waals surface area contributed by atoms with E-state index in [9.17, 15) is 9.90 Å². The van der Waals surface area contributed by atoms with Crippen LogP contribution in [0.4, 0.5) is 0 Å². The number of aromatic hydroxyl groups is 1. The number of aliphatic carboxylic acids is 1. The van der Waals surface area contributed by atoms with E-state index in [0.717, 1.165) is 16.5 Å². The van der Waals surface area contributed by atoms with Gasteiger partial charge in [0.15, 0.2) is 0 Å². The molecular weight excluding hydrogens is 230 g/mol. The second-order valence-electron chi connectivity index (χ2n) is 4.75. The monoisotopic (exact) mass is 247 g/mol. The molecule has 2 aromatic rings. The second-order valence-corrected chi connectivity index (χ2v) is 4.75. The minimum absolute atomic E-state index is 0.123. The van der Waals surface area contributed by atoms with Crippen LogP contribution in [0.1, 0.15) is 31.9 Å². The van der Waals surface area contributed by atoms with Crippen molar-refractivity contribution >= 4 is 16.9 Å². The van der Waals surface area contributed by atoms with Crippen LogP contribution in [-0.4, -0.2) is 20.7 Å². The summed E-state index contributed by atoms with van der Waals surface area (Å²) in [5.41, 5.74) is 1.96. The summed E-state index contributed by atoms with van der Waals surface area (Å²) in [5, 5.41) is 19.3. The molecule has 0 saturated carbocycles. The molecule has 4 heteroatoms. The number of fused-ring (bicyclic) bond motifs is 1. The van der Waals surface area contributed by atoms with Gasteiger partial charge in [0, 0.05) is 30.1 Å². The number of carboxylic acids is 1. The molecule has 1 aromatic heterocycles. The zero-order chi connectivity index (χ0) is 13.3. The second kappa shape index (κ2) is 4.72. The molecular formula is C14H17NO3. The normalized spacial score (nSPS) is 11.3. The number of phenolic OH excluding ortho intramolecular Hbond substituents is 1. The summed E-state index contributed by atoms with van der Waals surface area (Å²) in [7, 11) is 0.